The summed E-state index contributed by atoms with van der Waals surface area (Å²) in [6.45, 7) is 4.91. The molecule has 0 bridgehead atoms. The molecule has 2 aromatic rings. The number of amides is 1. The van der Waals surface area contributed by atoms with Gasteiger partial charge in [-0.25, -0.2) is 4.39 Å². The van der Waals surface area contributed by atoms with Gasteiger partial charge in [-0.1, -0.05) is 68.2 Å². The first-order valence-electron chi connectivity index (χ1n) is 8.65. The SMILES string of the molecule is CC(C)CN1C(=O)C(=Cc2ccc(OCc3ccccc3F)cc2)SC1=S. The maximum Gasteiger partial charge on any atom is 0.266 e. The molecular weight excluding hydrogens is 381 g/mol. The molecule has 0 atom stereocenters. The molecule has 0 unspecified atom stereocenters. The van der Waals surface area contributed by atoms with Gasteiger partial charge in [-0.15, -0.1) is 0 Å². The van der Waals surface area contributed by atoms with Gasteiger partial charge in [0.2, 0.25) is 0 Å². The summed E-state index contributed by atoms with van der Waals surface area (Å²) in [6, 6.07) is 13.9. The van der Waals surface area contributed by atoms with Crippen LogP contribution in [0.25, 0.3) is 6.08 Å². The van der Waals surface area contributed by atoms with Crippen molar-refractivity contribution in [2.45, 2.75) is 20.5 Å². The Morgan fingerprint density at radius 3 is 2.56 bits per heavy atom. The lowest BCUT2D eigenvalue weighted by Crippen LogP contribution is -2.31. The van der Waals surface area contributed by atoms with E-state index in [1.807, 2.05) is 30.3 Å². The number of hydrogen-bond acceptors (Lipinski definition) is 4. The molecule has 0 aliphatic carbocycles. The molecule has 0 spiro atoms. The lowest BCUT2D eigenvalue weighted by Gasteiger charge is -2.16. The van der Waals surface area contributed by atoms with Crippen LogP contribution in [0.2, 0.25) is 0 Å². The Bertz CT molecular complexity index is 878. The molecular formula is C21H20FNO2S2. The van der Waals surface area contributed by atoms with E-state index < -0.39 is 0 Å². The molecule has 0 radical (unpaired) electrons. The summed E-state index contributed by atoms with van der Waals surface area (Å²) in [5, 5.41) is 0. The number of rotatable bonds is 6. The zero-order chi connectivity index (χ0) is 19.4. The van der Waals surface area contributed by atoms with Gasteiger partial charge < -0.3 is 4.74 Å². The summed E-state index contributed by atoms with van der Waals surface area (Å²) in [4.78, 5) is 14.8. The Balaban J connectivity index is 1.65. The summed E-state index contributed by atoms with van der Waals surface area (Å²) in [7, 11) is 0. The number of halogens is 1. The van der Waals surface area contributed by atoms with E-state index in [4.69, 9.17) is 17.0 Å². The third-order valence-electron chi connectivity index (χ3n) is 3.95. The normalized spacial score (nSPS) is 15.9. The molecule has 0 aromatic heterocycles. The zero-order valence-corrected chi connectivity index (χ0v) is 16.8. The molecule has 1 amide bonds. The van der Waals surface area contributed by atoms with Gasteiger partial charge in [0.1, 0.15) is 22.5 Å². The maximum atomic E-state index is 13.6. The van der Waals surface area contributed by atoms with Gasteiger partial charge in [0.05, 0.1) is 4.91 Å². The highest BCUT2D eigenvalue weighted by molar-refractivity contribution is 8.26. The van der Waals surface area contributed by atoms with Crippen molar-refractivity contribution in [3.63, 3.8) is 0 Å². The van der Waals surface area contributed by atoms with Gasteiger partial charge in [-0.05, 0) is 35.8 Å². The van der Waals surface area contributed by atoms with Gasteiger partial charge in [0.25, 0.3) is 5.91 Å². The highest BCUT2D eigenvalue weighted by Gasteiger charge is 2.32. The van der Waals surface area contributed by atoms with Crippen molar-refractivity contribution < 1.29 is 13.9 Å². The molecule has 2 aromatic carbocycles. The van der Waals surface area contributed by atoms with Gasteiger partial charge in [0.15, 0.2) is 0 Å². The summed E-state index contributed by atoms with van der Waals surface area (Å²) in [5.74, 6) is 0.677. The standard InChI is InChI=1S/C21H20FNO2S2/c1-14(2)12-23-20(24)19(27-21(23)26)11-15-7-9-17(10-8-15)25-13-16-5-3-4-6-18(16)22/h3-11,14H,12-13H2,1-2H3. The van der Waals surface area contributed by atoms with E-state index in [1.165, 1.54) is 17.8 Å². The average Bonchev–Trinajstić information content (AvgIpc) is 2.89. The van der Waals surface area contributed by atoms with Gasteiger partial charge in [0, 0.05) is 12.1 Å². The largest absolute Gasteiger partial charge is 0.489 e. The lowest BCUT2D eigenvalue weighted by molar-refractivity contribution is -0.122. The van der Waals surface area contributed by atoms with Crippen molar-refractivity contribution in [1.29, 1.82) is 0 Å². The van der Waals surface area contributed by atoms with Crippen LogP contribution in [0.4, 0.5) is 4.39 Å². The summed E-state index contributed by atoms with van der Waals surface area (Å²) >= 11 is 6.65. The number of ether oxygens (including phenoxy) is 1. The van der Waals surface area contributed by atoms with E-state index in [2.05, 4.69) is 13.8 Å². The third kappa shape index (κ3) is 4.96. The van der Waals surface area contributed by atoms with Crippen LogP contribution in [0, 0.1) is 11.7 Å². The minimum absolute atomic E-state index is 0.0430. The van der Waals surface area contributed by atoms with Crippen LogP contribution in [0.15, 0.2) is 53.4 Å². The van der Waals surface area contributed by atoms with Gasteiger partial charge >= 0.3 is 0 Å². The van der Waals surface area contributed by atoms with Crippen LogP contribution in [-0.2, 0) is 11.4 Å². The number of hydrogen-bond donors (Lipinski definition) is 0. The van der Waals surface area contributed by atoms with Crippen LogP contribution in [0.3, 0.4) is 0 Å². The number of thioether (sulfide) groups is 1. The number of carbonyl (C=O) groups is 1. The molecule has 1 aliphatic heterocycles. The summed E-state index contributed by atoms with van der Waals surface area (Å²) in [5.41, 5.74) is 1.40. The first-order chi connectivity index (χ1) is 12.9. The van der Waals surface area contributed by atoms with Crippen LogP contribution >= 0.6 is 24.0 Å². The first-order valence-corrected chi connectivity index (χ1v) is 9.88. The average molecular weight is 402 g/mol. The second-order valence-corrected chi connectivity index (χ2v) is 8.31. The number of thiocarbonyl (C=S) groups is 1. The Morgan fingerprint density at radius 1 is 1.19 bits per heavy atom. The fourth-order valence-electron chi connectivity index (χ4n) is 2.61. The van der Waals surface area contributed by atoms with Crippen molar-refractivity contribution in [3.8, 4) is 5.75 Å². The zero-order valence-electron chi connectivity index (χ0n) is 15.1. The van der Waals surface area contributed by atoms with E-state index in [1.54, 1.807) is 23.1 Å². The third-order valence-corrected chi connectivity index (χ3v) is 5.33. The Hall–Kier alpha value is -2.18. The quantitative estimate of drug-likeness (QED) is 0.488. The topological polar surface area (TPSA) is 29.5 Å². The van der Waals surface area contributed by atoms with E-state index in [0.717, 1.165) is 5.56 Å². The van der Waals surface area contributed by atoms with E-state index in [-0.39, 0.29) is 18.3 Å². The second-order valence-electron chi connectivity index (χ2n) is 6.64. The molecule has 27 heavy (non-hydrogen) atoms. The fraction of sp³-hybridized carbons (Fsp3) is 0.238. The van der Waals surface area contributed by atoms with Crippen molar-refractivity contribution in [1.82, 2.24) is 4.90 Å². The molecule has 1 saturated heterocycles. The predicted octanol–water partition coefficient (Wildman–Crippen LogP) is 5.26. The lowest BCUT2D eigenvalue weighted by atomic mass is 10.2. The highest BCUT2D eigenvalue weighted by atomic mass is 32.2. The van der Waals surface area contributed by atoms with Crippen molar-refractivity contribution >= 4 is 40.3 Å². The molecule has 140 valence electrons. The minimum Gasteiger partial charge on any atom is -0.489 e. The Kier molecular flexibility index (Phi) is 6.29. The van der Waals surface area contributed by atoms with Gasteiger partial charge in [-0.2, -0.15) is 0 Å². The first kappa shape index (κ1) is 19.6. The molecule has 0 N–H and O–H groups in total. The monoisotopic (exact) mass is 401 g/mol. The molecule has 1 aliphatic rings. The molecule has 0 saturated carbocycles. The maximum absolute atomic E-state index is 13.6. The van der Waals surface area contributed by atoms with E-state index >= 15 is 0 Å². The molecule has 1 fully saturated rings. The second kappa shape index (κ2) is 8.67. The summed E-state index contributed by atoms with van der Waals surface area (Å²) < 4.78 is 19.9. The number of benzene rings is 2. The Morgan fingerprint density at radius 2 is 1.89 bits per heavy atom. The van der Waals surface area contributed by atoms with Crippen LogP contribution in [0.5, 0.6) is 5.75 Å². The molecule has 3 nitrogen and oxygen atoms in total. The molecule has 1 heterocycles. The van der Waals surface area contributed by atoms with E-state index in [0.29, 0.717) is 33.0 Å². The minimum atomic E-state index is -0.280. The van der Waals surface area contributed by atoms with Crippen molar-refractivity contribution in [2.24, 2.45) is 5.92 Å². The smallest absolute Gasteiger partial charge is 0.266 e. The summed E-state index contributed by atoms with van der Waals surface area (Å²) in [6.07, 6.45) is 1.83. The Labute approximate surface area is 168 Å². The predicted molar refractivity (Wildman–Crippen MR) is 112 cm³/mol. The molecule has 6 heteroatoms. The van der Waals surface area contributed by atoms with Crippen LogP contribution in [-0.4, -0.2) is 21.7 Å². The van der Waals surface area contributed by atoms with Crippen molar-refractivity contribution in [2.75, 3.05) is 6.54 Å². The van der Waals surface area contributed by atoms with E-state index in [9.17, 15) is 9.18 Å². The highest BCUT2D eigenvalue weighted by Crippen LogP contribution is 2.33. The number of carbonyl (C=O) groups excluding carboxylic acids is 1. The number of nitrogens with zero attached hydrogens (tertiary/aromatic N) is 1. The van der Waals surface area contributed by atoms with Gasteiger partial charge in [-0.3, -0.25) is 9.69 Å². The molecule has 3 rings (SSSR count). The van der Waals surface area contributed by atoms with Crippen LogP contribution < -0.4 is 4.74 Å². The van der Waals surface area contributed by atoms with Crippen LogP contribution in [0.1, 0.15) is 25.0 Å². The fourth-order valence-corrected chi connectivity index (χ4v) is 3.89. The van der Waals surface area contributed by atoms with Crippen molar-refractivity contribution in [3.05, 3.63) is 70.4 Å².